The molecule has 7 heteroatoms. The molecule has 1 saturated carbocycles. The van der Waals surface area contributed by atoms with Crippen molar-refractivity contribution in [2.24, 2.45) is 5.92 Å². The highest BCUT2D eigenvalue weighted by molar-refractivity contribution is 5.96. The Labute approximate surface area is 145 Å². The number of anilines is 1. The number of H-pyrrole nitrogens is 1. The second-order valence-electron chi connectivity index (χ2n) is 6.82. The van der Waals surface area contributed by atoms with Crippen molar-refractivity contribution in [3.8, 4) is 0 Å². The molecule has 2 amide bonds. The zero-order chi connectivity index (χ0) is 17.2. The molecule has 1 aromatic heterocycles. The van der Waals surface area contributed by atoms with Gasteiger partial charge in [-0.1, -0.05) is 36.8 Å². The first-order chi connectivity index (χ1) is 12.2. The van der Waals surface area contributed by atoms with E-state index in [0.717, 1.165) is 24.2 Å². The van der Waals surface area contributed by atoms with Crippen molar-refractivity contribution in [3.05, 3.63) is 41.7 Å². The van der Waals surface area contributed by atoms with Crippen molar-refractivity contribution >= 4 is 17.8 Å². The van der Waals surface area contributed by atoms with Gasteiger partial charge in [-0.25, -0.2) is 0 Å². The summed E-state index contributed by atoms with van der Waals surface area (Å²) in [6, 6.07) is 9.80. The number of hydrogen-bond acceptors (Lipinski definition) is 4. The molecule has 25 heavy (non-hydrogen) atoms. The third-order valence-corrected chi connectivity index (χ3v) is 5.03. The van der Waals surface area contributed by atoms with Crippen molar-refractivity contribution in [2.45, 2.75) is 38.1 Å². The molecule has 1 atom stereocenters. The fraction of sp³-hybridized carbons (Fsp3) is 0.444. The van der Waals surface area contributed by atoms with Gasteiger partial charge in [0.05, 0.1) is 5.92 Å². The van der Waals surface area contributed by atoms with Gasteiger partial charge in [0.2, 0.25) is 17.8 Å². The number of hydrogen-bond donors (Lipinski definition) is 2. The maximum Gasteiger partial charge on any atom is 0.248 e. The first-order valence-electron chi connectivity index (χ1n) is 8.74. The van der Waals surface area contributed by atoms with Crippen LogP contribution in [0.1, 0.15) is 43.0 Å². The van der Waals surface area contributed by atoms with Gasteiger partial charge in [-0.15, -0.1) is 5.10 Å². The van der Waals surface area contributed by atoms with E-state index in [1.807, 2.05) is 30.3 Å². The van der Waals surface area contributed by atoms with Crippen LogP contribution < -0.4 is 5.32 Å². The lowest BCUT2D eigenvalue weighted by Gasteiger charge is -2.22. The molecule has 2 heterocycles. The van der Waals surface area contributed by atoms with Crippen molar-refractivity contribution < 1.29 is 9.59 Å². The number of rotatable bonds is 5. The summed E-state index contributed by atoms with van der Waals surface area (Å²) in [5.41, 5.74) is 1.07. The number of aromatic nitrogens is 3. The SMILES string of the molecule is O=C(Nc1n[nH]c(C2CCC2)n1)[C@H]1CC(=O)N(Cc2ccccc2)C1. The molecule has 2 fully saturated rings. The number of carbonyl (C=O) groups is 2. The summed E-state index contributed by atoms with van der Waals surface area (Å²) in [6.07, 6.45) is 3.69. The Kier molecular flexibility index (Phi) is 4.21. The van der Waals surface area contributed by atoms with E-state index in [4.69, 9.17) is 0 Å². The average molecular weight is 339 g/mol. The Morgan fingerprint density at radius 3 is 2.80 bits per heavy atom. The number of nitrogens with one attached hydrogen (secondary N) is 2. The molecule has 1 aliphatic carbocycles. The normalized spacial score (nSPS) is 20.6. The Morgan fingerprint density at radius 2 is 2.08 bits per heavy atom. The summed E-state index contributed by atoms with van der Waals surface area (Å²) in [4.78, 5) is 30.7. The van der Waals surface area contributed by atoms with Gasteiger partial charge in [-0.3, -0.25) is 20.0 Å². The lowest BCUT2D eigenvalue weighted by atomic mass is 9.85. The molecule has 4 rings (SSSR count). The number of carbonyl (C=O) groups excluding carboxylic acids is 2. The minimum atomic E-state index is -0.359. The first-order valence-corrected chi connectivity index (χ1v) is 8.74. The van der Waals surface area contributed by atoms with Crippen molar-refractivity contribution in [1.82, 2.24) is 20.1 Å². The summed E-state index contributed by atoms with van der Waals surface area (Å²) in [7, 11) is 0. The van der Waals surface area contributed by atoms with Crippen molar-refractivity contribution in [3.63, 3.8) is 0 Å². The number of benzene rings is 1. The molecular formula is C18H21N5O2. The maximum atomic E-state index is 12.4. The van der Waals surface area contributed by atoms with Gasteiger partial charge >= 0.3 is 0 Å². The average Bonchev–Trinajstić information content (AvgIpc) is 3.14. The maximum absolute atomic E-state index is 12.4. The molecule has 0 bridgehead atoms. The van der Waals surface area contributed by atoms with E-state index in [0.29, 0.717) is 25.0 Å². The van der Waals surface area contributed by atoms with Crippen LogP contribution in [0.2, 0.25) is 0 Å². The van der Waals surface area contributed by atoms with Crippen LogP contribution in [-0.4, -0.2) is 38.4 Å². The number of amides is 2. The van der Waals surface area contributed by atoms with Crippen LogP contribution in [0.15, 0.2) is 30.3 Å². The first kappa shape index (κ1) is 15.8. The quantitative estimate of drug-likeness (QED) is 0.872. The second-order valence-corrected chi connectivity index (χ2v) is 6.82. The molecule has 1 aliphatic heterocycles. The molecule has 2 N–H and O–H groups in total. The topological polar surface area (TPSA) is 91.0 Å². The fourth-order valence-electron chi connectivity index (χ4n) is 3.31. The Morgan fingerprint density at radius 1 is 1.28 bits per heavy atom. The number of likely N-dealkylation sites (tertiary alicyclic amines) is 1. The Hall–Kier alpha value is -2.70. The van der Waals surface area contributed by atoms with E-state index in [1.54, 1.807) is 4.90 Å². The van der Waals surface area contributed by atoms with Crippen LogP contribution in [0.3, 0.4) is 0 Å². The largest absolute Gasteiger partial charge is 0.338 e. The molecule has 2 aromatic rings. The van der Waals surface area contributed by atoms with E-state index in [-0.39, 0.29) is 24.2 Å². The van der Waals surface area contributed by atoms with Gasteiger partial charge in [0, 0.05) is 25.4 Å². The summed E-state index contributed by atoms with van der Waals surface area (Å²) >= 11 is 0. The standard InChI is InChI=1S/C18H21N5O2/c24-15-9-14(11-23(15)10-12-5-2-1-3-6-12)17(25)20-18-19-16(21-22-18)13-7-4-8-13/h1-3,5-6,13-14H,4,7-11H2,(H2,19,20,21,22,25)/t14-/m0/s1. The van der Waals surface area contributed by atoms with Crippen LogP contribution in [-0.2, 0) is 16.1 Å². The molecule has 7 nitrogen and oxygen atoms in total. The van der Waals surface area contributed by atoms with E-state index in [9.17, 15) is 9.59 Å². The Bertz CT molecular complexity index is 769. The summed E-state index contributed by atoms with van der Waals surface area (Å²) in [5.74, 6) is 1.04. The zero-order valence-corrected chi connectivity index (χ0v) is 13.9. The van der Waals surface area contributed by atoms with E-state index in [2.05, 4.69) is 20.5 Å². The van der Waals surface area contributed by atoms with Gasteiger partial charge in [0.1, 0.15) is 5.82 Å². The molecular weight excluding hydrogens is 318 g/mol. The molecule has 0 unspecified atom stereocenters. The van der Waals surface area contributed by atoms with Gasteiger partial charge in [-0.2, -0.15) is 4.98 Å². The van der Waals surface area contributed by atoms with E-state index >= 15 is 0 Å². The zero-order valence-electron chi connectivity index (χ0n) is 13.9. The van der Waals surface area contributed by atoms with Crippen LogP contribution in [0.25, 0.3) is 0 Å². The molecule has 0 radical (unpaired) electrons. The predicted octanol–water partition coefficient (Wildman–Crippen LogP) is 2.06. The number of aromatic amines is 1. The fourth-order valence-corrected chi connectivity index (χ4v) is 3.31. The summed E-state index contributed by atoms with van der Waals surface area (Å²) in [5, 5.41) is 9.71. The molecule has 0 spiro atoms. The lowest BCUT2D eigenvalue weighted by molar-refractivity contribution is -0.128. The predicted molar refractivity (Wildman–Crippen MR) is 91.6 cm³/mol. The summed E-state index contributed by atoms with van der Waals surface area (Å²) in [6.45, 7) is 0.968. The van der Waals surface area contributed by atoms with Crippen LogP contribution in [0, 0.1) is 5.92 Å². The monoisotopic (exact) mass is 339 g/mol. The second kappa shape index (κ2) is 6.66. The smallest absolute Gasteiger partial charge is 0.248 e. The van der Waals surface area contributed by atoms with Gasteiger partial charge in [0.25, 0.3) is 0 Å². The van der Waals surface area contributed by atoms with Gasteiger partial charge < -0.3 is 4.90 Å². The molecule has 1 saturated heterocycles. The van der Waals surface area contributed by atoms with Gasteiger partial charge in [-0.05, 0) is 18.4 Å². The van der Waals surface area contributed by atoms with Crippen LogP contribution in [0.5, 0.6) is 0 Å². The lowest BCUT2D eigenvalue weighted by Crippen LogP contribution is -2.28. The third-order valence-electron chi connectivity index (χ3n) is 5.03. The molecule has 1 aromatic carbocycles. The van der Waals surface area contributed by atoms with Crippen molar-refractivity contribution in [2.75, 3.05) is 11.9 Å². The minimum absolute atomic E-state index is 0.00847. The summed E-state index contributed by atoms with van der Waals surface area (Å²) < 4.78 is 0. The Balaban J connectivity index is 1.34. The van der Waals surface area contributed by atoms with Crippen LogP contribution in [0.4, 0.5) is 5.95 Å². The van der Waals surface area contributed by atoms with E-state index < -0.39 is 0 Å². The number of nitrogens with zero attached hydrogens (tertiary/aromatic N) is 3. The van der Waals surface area contributed by atoms with E-state index in [1.165, 1.54) is 6.42 Å². The van der Waals surface area contributed by atoms with Crippen LogP contribution >= 0.6 is 0 Å². The van der Waals surface area contributed by atoms with Crippen molar-refractivity contribution in [1.29, 1.82) is 0 Å². The highest BCUT2D eigenvalue weighted by Crippen LogP contribution is 2.34. The highest BCUT2D eigenvalue weighted by atomic mass is 16.2. The molecule has 130 valence electrons. The molecule has 2 aliphatic rings. The third kappa shape index (κ3) is 3.40. The van der Waals surface area contributed by atoms with Gasteiger partial charge in [0.15, 0.2) is 0 Å². The highest BCUT2D eigenvalue weighted by Gasteiger charge is 2.34. The minimum Gasteiger partial charge on any atom is -0.338 e.